The van der Waals surface area contributed by atoms with Crippen LogP contribution in [0.4, 0.5) is 0 Å². The number of benzene rings is 1. The summed E-state index contributed by atoms with van der Waals surface area (Å²) in [6.45, 7) is 5.08. The fourth-order valence-corrected chi connectivity index (χ4v) is 3.11. The Morgan fingerprint density at radius 2 is 1.96 bits per heavy atom. The maximum Gasteiger partial charge on any atom is 0.191 e. The van der Waals surface area contributed by atoms with Crippen LogP contribution in [0.15, 0.2) is 40.7 Å². The number of methoxy groups -OCH3 is 1. The van der Waals surface area contributed by atoms with Crippen LogP contribution in [0.25, 0.3) is 0 Å². The van der Waals surface area contributed by atoms with Gasteiger partial charge in [0.15, 0.2) is 5.96 Å². The fourth-order valence-electron chi connectivity index (χ4n) is 2.26. The Morgan fingerprint density at radius 1 is 1.16 bits per heavy atom. The molecule has 0 aliphatic carbocycles. The second kappa shape index (κ2) is 10.7. The molecule has 0 amide bonds. The minimum Gasteiger partial charge on any atom is -0.497 e. The Labute approximate surface area is 154 Å². The molecule has 1 aromatic heterocycles. The van der Waals surface area contributed by atoms with Crippen molar-refractivity contribution in [3.8, 4) is 5.75 Å². The number of nitrogens with one attached hydrogen (secondary N) is 2. The minimum atomic E-state index is 0.620. The van der Waals surface area contributed by atoms with Gasteiger partial charge in [0.2, 0.25) is 0 Å². The van der Waals surface area contributed by atoms with Gasteiger partial charge in [-0.1, -0.05) is 12.1 Å². The Balaban J connectivity index is 1.57. The molecule has 1 heterocycles. The maximum absolute atomic E-state index is 5.70. The van der Waals surface area contributed by atoms with Gasteiger partial charge in [-0.15, -0.1) is 11.3 Å². The fraction of sp³-hybridized carbons (Fsp3) is 0.421. The van der Waals surface area contributed by atoms with Gasteiger partial charge in [-0.2, -0.15) is 0 Å². The van der Waals surface area contributed by atoms with Gasteiger partial charge in [-0.25, -0.2) is 0 Å². The number of ether oxygens (including phenoxy) is 2. The molecule has 0 spiro atoms. The van der Waals surface area contributed by atoms with Crippen molar-refractivity contribution in [2.75, 3.05) is 27.3 Å². The Bertz CT molecular complexity index is 653. The van der Waals surface area contributed by atoms with Crippen molar-refractivity contribution >= 4 is 17.3 Å². The van der Waals surface area contributed by atoms with Gasteiger partial charge in [0.1, 0.15) is 5.75 Å². The first kappa shape index (κ1) is 19.3. The van der Waals surface area contributed by atoms with Gasteiger partial charge in [-0.3, -0.25) is 4.99 Å². The normalized spacial score (nSPS) is 11.4. The molecule has 1 aromatic carbocycles. The van der Waals surface area contributed by atoms with E-state index < -0.39 is 0 Å². The summed E-state index contributed by atoms with van der Waals surface area (Å²) < 4.78 is 10.8. The molecule has 25 heavy (non-hydrogen) atoms. The van der Waals surface area contributed by atoms with Crippen LogP contribution in [0.1, 0.15) is 22.4 Å². The van der Waals surface area contributed by atoms with Gasteiger partial charge in [0, 0.05) is 25.1 Å². The molecule has 2 rings (SSSR count). The third-order valence-corrected chi connectivity index (χ3v) is 4.82. The molecule has 0 unspecified atom stereocenters. The summed E-state index contributed by atoms with van der Waals surface area (Å²) in [5.41, 5.74) is 2.47. The van der Waals surface area contributed by atoms with E-state index in [0.717, 1.165) is 36.8 Å². The number of aliphatic imine (C=N–C) groups is 1. The summed E-state index contributed by atoms with van der Waals surface area (Å²) in [4.78, 5) is 5.58. The first-order chi connectivity index (χ1) is 12.2. The van der Waals surface area contributed by atoms with E-state index in [1.54, 1.807) is 25.5 Å². The molecular formula is C19H27N3O2S. The average molecular weight is 362 g/mol. The van der Waals surface area contributed by atoms with Crippen molar-refractivity contribution in [1.82, 2.24) is 10.6 Å². The van der Waals surface area contributed by atoms with Gasteiger partial charge >= 0.3 is 0 Å². The van der Waals surface area contributed by atoms with Gasteiger partial charge in [-0.05, 0) is 48.1 Å². The second-order valence-electron chi connectivity index (χ2n) is 5.63. The third kappa shape index (κ3) is 6.76. The zero-order chi connectivity index (χ0) is 17.9. The molecule has 6 heteroatoms. The van der Waals surface area contributed by atoms with Crippen LogP contribution in [0.3, 0.4) is 0 Å². The SMILES string of the molecule is CN=C(NCCCOCc1ccc(OC)cc1)NCc1sccc1C. The first-order valence-corrected chi connectivity index (χ1v) is 9.29. The molecule has 0 fully saturated rings. The number of hydrogen-bond acceptors (Lipinski definition) is 4. The number of rotatable bonds is 9. The zero-order valence-electron chi connectivity index (χ0n) is 15.2. The highest BCUT2D eigenvalue weighted by atomic mass is 32.1. The Hall–Kier alpha value is -2.05. The quantitative estimate of drug-likeness (QED) is 0.409. The number of aryl methyl sites for hydroxylation is 1. The van der Waals surface area contributed by atoms with Crippen molar-refractivity contribution in [2.45, 2.75) is 26.5 Å². The maximum atomic E-state index is 5.70. The van der Waals surface area contributed by atoms with Crippen molar-refractivity contribution in [1.29, 1.82) is 0 Å². The zero-order valence-corrected chi connectivity index (χ0v) is 16.0. The average Bonchev–Trinajstić information content (AvgIpc) is 3.06. The number of hydrogen-bond donors (Lipinski definition) is 2. The predicted molar refractivity (Wildman–Crippen MR) is 105 cm³/mol. The van der Waals surface area contributed by atoms with Crippen LogP contribution < -0.4 is 15.4 Å². The van der Waals surface area contributed by atoms with Crippen molar-refractivity contribution in [3.05, 3.63) is 51.7 Å². The van der Waals surface area contributed by atoms with Crippen LogP contribution in [0.5, 0.6) is 5.75 Å². The van der Waals surface area contributed by atoms with E-state index in [0.29, 0.717) is 13.2 Å². The van der Waals surface area contributed by atoms with E-state index in [1.807, 2.05) is 24.3 Å². The van der Waals surface area contributed by atoms with Gasteiger partial charge < -0.3 is 20.1 Å². The van der Waals surface area contributed by atoms with E-state index in [1.165, 1.54) is 10.4 Å². The molecule has 0 aliphatic rings. The molecule has 0 radical (unpaired) electrons. The van der Waals surface area contributed by atoms with Crippen molar-refractivity contribution < 1.29 is 9.47 Å². The van der Waals surface area contributed by atoms with Crippen molar-refractivity contribution in [3.63, 3.8) is 0 Å². The summed E-state index contributed by atoms with van der Waals surface area (Å²) in [5, 5.41) is 8.76. The summed E-state index contributed by atoms with van der Waals surface area (Å²) in [5.74, 6) is 1.69. The largest absolute Gasteiger partial charge is 0.497 e. The van der Waals surface area contributed by atoms with Crippen LogP contribution >= 0.6 is 11.3 Å². The molecule has 0 atom stereocenters. The van der Waals surface area contributed by atoms with Crippen molar-refractivity contribution in [2.24, 2.45) is 4.99 Å². The third-order valence-electron chi connectivity index (χ3n) is 3.79. The molecule has 0 aliphatic heterocycles. The smallest absolute Gasteiger partial charge is 0.191 e. The molecule has 136 valence electrons. The highest BCUT2D eigenvalue weighted by molar-refractivity contribution is 7.10. The monoisotopic (exact) mass is 361 g/mol. The van der Waals surface area contributed by atoms with E-state index in [2.05, 4.69) is 34.0 Å². The van der Waals surface area contributed by atoms with Crippen LogP contribution in [-0.4, -0.2) is 33.3 Å². The number of nitrogens with zero attached hydrogens (tertiary/aromatic N) is 1. The Kier molecular flexibility index (Phi) is 8.28. The second-order valence-corrected chi connectivity index (χ2v) is 6.63. The van der Waals surface area contributed by atoms with E-state index in [9.17, 15) is 0 Å². The molecule has 5 nitrogen and oxygen atoms in total. The molecule has 0 saturated carbocycles. The lowest BCUT2D eigenvalue weighted by Crippen LogP contribution is -2.37. The van der Waals surface area contributed by atoms with E-state index >= 15 is 0 Å². The lowest BCUT2D eigenvalue weighted by Gasteiger charge is -2.12. The number of thiophene rings is 1. The van der Waals surface area contributed by atoms with Crippen LogP contribution in [0, 0.1) is 6.92 Å². The molecule has 0 saturated heterocycles. The topological polar surface area (TPSA) is 54.9 Å². The van der Waals surface area contributed by atoms with E-state index in [4.69, 9.17) is 9.47 Å². The highest BCUT2D eigenvalue weighted by Crippen LogP contribution is 2.14. The lowest BCUT2D eigenvalue weighted by molar-refractivity contribution is 0.119. The molecular weight excluding hydrogens is 334 g/mol. The van der Waals surface area contributed by atoms with Crippen LogP contribution in [0.2, 0.25) is 0 Å². The standard InChI is InChI=1S/C19H27N3O2S/c1-15-9-12-25-18(15)13-22-19(20-2)21-10-4-11-24-14-16-5-7-17(23-3)8-6-16/h5-9,12H,4,10-11,13-14H2,1-3H3,(H2,20,21,22). The summed E-state index contributed by atoms with van der Waals surface area (Å²) in [7, 11) is 3.46. The highest BCUT2D eigenvalue weighted by Gasteiger charge is 2.02. The van der Waals surface area contributed by atoms with Crippen LogP contribution in [-0.2, 0) is 17.9 Å². The predicted octanol–water partition coefficient (Wildman–Crippen LogP) is 3.34. The Morgan fingerprint density at radius 3 is 2.60 bits per heavy atom. The summed E-state index contributed by atoms with van der Waals surface area (Å²) in [6, 6.07) is 10.1. The van der Waals surface area contributed by atoms with E-state index in [-0.39, 0.29) is 0 Å². The lowest BCUT2D eigenvalue weighted by atomic mass is 10.2. The summed E-state index contributed by atoms with van der Waals surface area (Å²) in [6.07, 6.45) is 0.925. The number of guanidine groups is 1. The first-order valence-electron chi connectivity index (χ1n) is 8.41. The molecule has 0 bridgehead atoms. The van der Waals surface area contributed by atoms with Gasteiger partial charge in [0.25, 0.3) is 0 Å². The molecule has 2 N–H and O–H groups in total. The van der Waals surface area contributed by atoms with Gasteiger partial charge in [0.05, 0.1) is 20.3 Å². The summed E-state index contributed by atoms with van der Waals surface area (Å²) >= 11 is 1.76. The minimum absolute atomic E-state index is 0.620. The molecule has 2 aromatic rings.